The number of carbonyl (C=O) groups is 2. The predicted molar refractivity (Wildman–Crippen MR) is 94.6 cm³/mol. The Morgan fingerprint density at radius 3 is 1.43 bits per heavy atom. The van der Waals surface area contributed by atoms with E-state index in [9.17, 15) is 32.8 Å². The normalized spacial score (nSPS) is 13.1. The third-order valence-electron chi connectivity index (χ3n) is 4.73. The summed E-state index contributed by atoms with van der Waals surface area (Å²) >= 11 is 0. The van der Waals surface area contributed by atoms with Crippen LogP contribution in [0.1, 0.15) is 96.8 Å². The maximum Gasteiger partial charge on any atom is 1.00 e. The van der Waals surface area contributed by atoms with E-state index in [-0.39, 0.29) is 109 Å². The van der Waals surface area contributed by atoms with E-state index in [1.165, 1.54) is 38.5 Å². The second kappa shape index (κ2) is 19.8. The van der Waals surface area contributed by atoms with Crippen molar-refractivity contribution in [1.29, 1.82) is 0 Å². The monoisotopic (exact) mass is 470 g/mol. The van der Waals surface area contributed by atoms with Crippen molar-refractivity contribution in [3.63, 3.8) is 0 Å². The molecule has 0 heterocycles. The molecule has 154 valence electrons. The Bertz CT molecular complexity index is 526. The molecule has 0 aromatic carbocycles. The maximum atomic E-state index is 11.4. The topological polar surface area (TPSA) is 135 Å². The van der Waals surface area contributed by atoms with E-state index in [2.05, 4.69) is 6.92 Å². The molecule has 0 aromatic rings. The fraction of sp³-hybridized carbons (Fsp3) is 0.889. The molecule has 0 saturated heterocycles. The largest absolute Gasteiger partial charge is 1.00 e. The average Bonchev–Trinajstić information content (AvgIpc) is 2.53. The zero-order valence-corrected chi connectivity index (χ0v) is 24.8. The van der Waals surface area contributed by atoms with Gasteiger partial charge in [-0.3, -0.25) is 4.55 Å². The molecule has 0 radical (unpaired) electrons. The van der Waals surface area contributed by atoms with Gasteiger partial charge in [0.25, 0.3) is 10.1 Å². The van der Waals surface area contributed by atoms with Gasteiger partial charge in [-0.05, 0) is 6.42 Å². The SMILES string of the molecule is CCCCCCCCCCCCCCC(CC(=O)[O-])(C(=O)[O-])S(=O)(=O)O.[K+].[K+]. The van der Waals surface area contributed by atoms with Crippen LogP contribution in [0.5, 0.6) is 0 Å². The van der Waals surface area contributed by atoms with Gasteiger partial charge in [0.05, 0.1) is 5.97 Å². The van der Waals surface area contributed by atoms with E-state index < -0.39 is 39.6 Å². The second-order valence-corrected chi connectivity index (χ2v) is 8.68. The quantitative estimate of drug-likeness (QED) is 0.129. The van der Waals surface area contributed by atoms with Gasteiger partial charge in [-0.25, -0.2) is 0 Å². The molecule has 1 atom stereocenters. The Kier molecular flexibility index (Phi) is 24.5. The van der Waals surface area contributed by atoms with Crippen molar-refractivity contribution in [1.82, 2.24) is 0 Å². The molecule has 0 spiro atoms. The number of unbranched alkanes of at least 4 members (excludes halogenated alkanes) is 11. The van der Waals surface area contributed by atoms with E-state index >= 15 is 0 Å². The van der Waals surface area contributed by atoms with Crippen molar-refractivity contribution >= 4 is 22.1 Å². The van der Waals surface area contributed by atoms with Gasteiger partial charge < -0.3 is 19.8 Å². The summed E-state index contributed by atoms with van der Waals surface area (Å²) in [7, 11) is -5.12. The summed E-state index contributed by atoms with van der Waals surface area (Å²) in [5, 5.41) is 21.9. The maximum absolute atomic E-state index is 11.4. The number of carbonyl (C=O) groups excluding carboxylic acids is 2. The van der Waals surface area contributed by atoms with Crippen molar-refractivity contribution < 1.29 is 136 Å². The van der Waals surface area contributed by atoms with Crippen LogP contribution in [0.2, 0.25) is 0 Å². The van der Waals surface area contributed by atoms with E-state index in [1.54, 1.807) is 0 Å². The number of aliphatic carboxylic acids is 2. The first kappa shape index (κ1) is 34.7. The van der Waals surface area contributed by atoms with E-state index in [4.69, 9.17) is 0 Å². The molecule has 10 heteroatoms. The number of carboxylic acid groups (broad SMARTS) is 2. The third-order valence-corrected chi connectivity index (χ3v) is 6.23. The summed E-state index contributed by atoms with van der Waals surface area (Å²) in [6, 6.07) is 0. The van der Waals surface area contributed by atoms with Crippen LogP contribution in [-0.4, -0.2) is 29.7 Å². The molecule has 1 unspecified atom stereocenters. The molecule has 7 nitrogen and oxygen atoms in total. The molecule has 0 amide bonds. The van der Waals surface area contributed by atoms with Gasteiger partial charge >= 0.3 is 103 Å². The Morgan fingerprint density at radius 1 is 0.786 bits per heavy atom. The molecule has 0 aliphatic heterocycles. The van der Waals surface area contributed by atoms with Gasteiger partial charge in [0.2, 0.25) is 0 Å². The Balaban J connectivity index is -0.00000312. The molecule has 0 fully saturated rings. The zero-order valence-electron chi connectivity index (χ0n) is 17.7. The van der Waals surface area contributed by atoms with Crippen LogP contribution >= 0.6 is 0 Å². The van der Waals surface area contributed by atoms with E-state index in [1.807, 2.05) is 0 Å². The van der Waals surface area contributed by atoms with Crippen LogP contribution in [0.25, 0.3) is 0 Å². The third kappa shape index (κ3) is 15.0. The molecule has 0 bridgehead atoms. The Hall–Kier alpha value is 2.12. The van der Waals surface area contributed by atoms with Gasteiger partial charge in [0.15, 0.2) is 0 Å². The molecule has 0 aliphatic rings. The van der Waals surface area contributed by atoms with Crippen LogP contribution in [0.15, 0.2) is 0 Å². The minimum atomic E-state index is -5.12. The minimum Gasteiger partial charge on any atom is -0.550 e. The van der Waals surface area contributed by atoms with Crippen molar-refractivity contribution in [2.24, 2.45) is 0 Å². The number of rotatable bonds is 17. The predicted octanol–water partition coefficient (Wildman–Crippen LogP) is -4.40. The summed E-state index contributed by atoms with van der Waals surface area (Å²) in [5.41, 5.74) is 0. The number of carboxylic acids is 2. The molecule has 0 aromatic heterocycles. The smallest absolute Gasteiger partial charge is 0.550 e. The van der Waals surface area contributed by atoms with Gasteiger partial charge in [0.1, 0.15) is 4.75 Å². The van der Waals surface area contributed by atoms with Gasteiger partial charge in [-0.2, -0.15) is 8.42 Å². The summed E-state index contributed by atoms with van der Waals surface area (Å²) in [6.45, 7) is 2.19. The fourth-order valence-corrected chi connectivity index (χ4v) is 3.99. The van der Waals surface area contributed by atoms with Gasteiger partial charge in [-0.15, -0.1) is 0 Å². The van der Waals surface area contributed by atoms with Crippen molar-refractivity contribution in [3.8, 4) is 0 Å². The first-order valence-corrected chi connectivity index (χ1v) is 11.0. The first-order chi connectivity index (χ1) is 12.2. The van der Waals surface area contributed by atoms with Crippen LogP contribution in [-0.2, 0) is 19.7 Å². The molecule has 28 heavy (non-hydrogen) atoms. The average molecular weight is 471 g/mol. The van der Waals surface area contributed by atoms with Gasteiger partial charge in [0, 0.05) is 12.4 Å². The van der Waals surface area contributed by atoms with Crippen molar-refractivity contribution in [3.05, 3.63) is 0 Å². The molecular formula is C18H32K2O7S. The van der Waals surface area contributed by atoms with Crippen LogP contribution in [0, 0.1) is 0 Å². The Labute approximate surface area is 254 Å². The Morgan fingerprint density at radius 2 is 1.14 bits per heavy atom. The minimum absolute atomic E-state index is 0. The molecular weight excluding hydrogens is 438 g/mol. The van der Waals surface area contributed by atoms with Crippen LogP contribution in [0.3, 0.4) is 0 Å². The van der Waals surface area contributed by atoms with E-state index in [0.29, 0.717) is 6.42 Å². The van der Waals surface area contributed by atoms with Crippen molar-refractivity contribution in [2.75, 3.05) is 0 Å². The zero-order chi connectivity index (χ0) is 20.1. The summed E-state index contributed by atoms with van der Waals surface area (Å²) in [5.74, 6) is -3.96. The molecule has 0 rings (SSSR count). The molecule has 1 N–H and O–H groups in total. The van der Waals surface area contributed by atoms with Gasteiger partial charge in [-0.1, -0.05) is 84.0 Å². The van der Waals surface area contributed by atoms with Crippen molar-refractivity contribution in [2.45, 2.75) is 102 Å². The molecule has 0 aliphatic carbocycles. The van der Waals surface area contributed by atoms with Crippen LogP contribution < -0.4 is 113 Å². The summed E-state index contributed by atoms with van der Waals surface area (Å²) in [4.78, 5) is 21.9. The standard InChI is InChI=1S/C18H34O7S.2K/c1-2-3-4-5-6-7-8-9-10-11-12-13-14-18(17(21)22,15-16(19)20)26(23,24)25;;/h2-15H2,1H3,(H,19,20)(H,21,22)(H,23,24,25);;/q;2*+1/p-2. The summed E-state index contributed by atoms with van der Waals surface area (Å²) < 4.78 is 29.2. The number of hydrogen-bond donors (Lipinski definition) is 1. The van der Waals surface area contributed by atoms with E-state index in [0.717, 1.165) is 25.7 Å². The van der Waals surface area contributed by atoms with Crippen LogP contribution in [0.4, 0.5) is 0 Å². The second-order valence-electron chi connectivity index (χ2n) is 6.94. The fourth-order valence-electron chi connectivity index (χ4n) is 3.07. The first-order valence-electron chi connectivity index (χ1n) is 9.55. The number of hydrogen-bond acceptors (Lipinski definition) is 6. The summed E-state index contributed by atoms with van der Waals surface area (Å²) in [6.07, 6.45) is 10.4. The molecule has 0 saturated carbocycles.